The summed E-state index contributed by atoms with van der Waals surface area (Å²) in [5, 5.41) is 0. The lowest BCUT2D eigenvalue weighted by molar-refractivity contribution is 1.73. The molecule has 0 bridgehead atoms. The molecule has 0 aliphatic carbocycles. The first-order valence-corrected chi connectivity index (χ1v) is 3.81. The molecule has 0 heterocycles. The average molecular weight is 167 g/mol. The lowest BCUT2D eigenvalue weighted by atomic mass is 10.8. The molecule has 0 saturated carbocycles. The highest BCUT2D eigenvalue weighted by Crippen LogP contribution is 2.12. The fraction of sp³-hybridized carbons (Fsp3) is 0.500. The largest absolute Gasteiger partial charge is 0.146 e. The SMILES string of the molecule is C=CC(Br)SC. The van der Waals surface area contributed by atoms with E-state index in [4.69, 9.17) is 0 Å². The van der Waals surface area contributed by atoms with Crippen molar-refractivity contribution in [3.05, 3.63) is 12.7 Å². The number of hydrogen-bond donors (Lipinski definition) is 0. The van der Waals surface area contributed by atoms with Crippen LogP contribution in [0.1, 0.15) is 0 Å². The molecule has 0 rings (SSSR count). The van der Waals surface area contributed by atoms with Gasteiger partial charge in [0.15, 0.2) is 0 Å². The summed E-state index contributed by atoms with van der Waals surface area (Å²) < 4.78 is 0.428. The molecule has 1 unspecified atom stereocenters. The molecule has 2 heteroatoms. The number of hydrogen-bond acceptors (Lipinski definition) is 1. The van der Waals surface area contributed by atoms with Crippen LogP contribution in [0.15, 0.2) is 12.7 Å². The Labute approximate surface area is 51.1 Å². The predicted octanol–water partition coefficient (Wildman–Crippen LogP) is 2.26. The summed E-state index contributed by atoms with van der Waals surface area (Å²) in [6.45, 7) is 3.56. The Morgan fingerprint density at radius 3 is 2.50 bits per heavy atom. The topological polar surface area (TPSA) is 0 Å². The van der Waals surface area contributed by atoms with Crippen molar-refractivity contribution in [2.75, 3.05) is 6.26 Å². The minimum absolute atomic E-state index is 0.428. The van der Waals surface area contributed by atoms with Crippen LogP contribution in [0.3, 0.4) is 0 Å². The molecule has 0 aliphatic rings. The third-order valence-electron chi connectivity index (χ3n) is 0.410. The first-order chi connectivity index (χ1) is 2.81. The quantitative estimate of drug-likeness (QED) is 0.449. The zero-order chi connectivity index (χ0) is 4.99. The first-order valence-electron chi connectivity index (χ1n) is 1.60. The number of halogens is 1. The molecule has 0 aliphatic heterocycles. The first kappa shape index (κ1) is 6.57. The number of rotatable bonds is 2. The summed E-state index contributed by atoms with van der Waals surface area (Å²) in [4.78, 5) is 0. The van der Waals surface area contributed by atoms with Gasteiger partial charge in [0.05, 0.1) is 4.16 Å². The number of alkyl halides is 1. The van der Waals surface area contributed by atoms with Gasteiger partial charge in [0, 0.05) is 0 Å². The van der Waals surface area contributed by atoms with Gasteiger partial charge in [-0.15, -0.1) is 18.3 Å². The minimum atomic E-state index is 0.428. The third-order valence-corrected chi connectivity index (χ3v) is 2.55. The van der Waals surface area contributed by atoms with E-state index in [1.54, 1.807) is 11.8 Å². The van der Waals surface area contributed by atoms with Crippen molar-refractivity contribution in [2.45, 2.75) is 4.16 Å². The van der Waals surface area contributed by atoms with E-state index in [0.717, 1.165) is 0 Å². The van der Waals surface area contributed by atoms with Crippen LogP contribution < -0.4 is 0 Å². The van der Waals surface area contributed by atoms with Crippen LogP contribution >= 0.6 is 27.7 Å². The predicted molar refractivity (Wildman–Crippen MR) is 36.4 cm³/mol. The van der Waals surface area contributed by atoms with E-state index in [-0.39, 0.29) is 0 Å². The molecule has 0 N–H and O–H groups in total. The van der Waals surface area contributed by atoms with E-state index in [2.05, 4.69) is 22.5 Å². The Hall–Kier alpha value is 0.570. The van der Waals surface area contributed by atoms with E-state index >= 15 is 0 Å². The standard InChI is InChI=1S/C4H7BrS/c1-3-4(5)6-2/h3-4H,1H2,2H3. The zero-order valence-corrected chi connectivity index (χ0v) is 6.05. The molecule has 6 heavy (non-hydrogen) atoms. The second-order valence-electron chi connectivity index (χ2n) is 0.823. The van der Waals surface area contributed by atoms with E-state index in [9.17, 15) is 0 Å². The van der Waals surface area contributed by atoms with Crippen molar-refractivity contribution >= 4 is 27.7 Å². The monoisotopic (exact) mass is 166 g/mol. The molecular formula is C4H7BrS. The lowest BCUT2D eigenvalue weighted by Gasteiger charge is -1.91. The van der Waals surface area contributed by atoms with Gasteiger partial charge in [-0.25, -0.2) is 0 Å². The zero-order valence-electron chi connectivity index (χ0n) is 3.65. The minimum Gasteiger partial charge on any atom is -0.146 e. The van der Waals surface area contributed by atoms with E-state index in [1.807, 2.05) is 12.3 Å². The highest BCUT2D eigenvalue weighted by molar-refractivity contribution is 9.11. The summed E-state index contributed by atoms with van der Waals surface area (Å²) in [5.41, 5.74) is 0. The van der Waals surface area contributed by atoms with Crippen LogP contribution in [0.25, 0.3) is 0 Å². The molecule has 0 saturated heterocycles. The fourth-order valence-corrected chi connectivity index (χ4v) is 0.289. The fourth-order valence-electron chi connectivity index (χ4n) is 0.0962. The summed E-state index contributed by atoms with van der Waals surface area (Å²) in [5.74, 6) is 0. The van der Waals surface area contributed by atoms with E-state index < -0.39 is 0 Å². The Kier molecular flexibility index (Phi) is 4.11. The van der Waals surface area contributed by atoms with Gasteiger partial charge in [0.2, 0.25) is 0 Å². The van der Waals surface area contributed by atoms with Crippen molar-refractivity contribution in [1.82, 2.24) is 0 Å². The Bertz CT molecular complexity index is 44.8. The molecule has 0 radical (unpaired) electrons. The average Bonchev–Trinajstić information content (AvgIpc) is 1.65. The highest BCUT2D eigenvalue weighted by atomic mass is 79.9. The summed E-state index contributed by atoms with van der Waals surface area (Å²) >= 11 is 5.04. The Balaban J connectivity index is 2.96. The molecule has 0 aromatic rings. The molecular weight excluding hydrogens is 160 g/mol. The molecule has 0 aromatic heterocycles. The smallest absolute Gasteiger partial charge is 0.0774 e. The van der Waals surface area contributed by atoms with Crippen molar-refractivity contribution in [2.24, 2.45) is 0 Å². The molecule has 0 amide bonds. The van der Waals surface area contributed by atoms with Crippen LogP contribution in [0.5, 0.6) is 0 Å². The van der Waals surface area contributed by atoms with Gasteiger partial charge in [-0.2, -0.15) is 0 Å². The summed E-state index contributed by atoms with van der Waals surface area (Å²) in [6.07, 6.45) is 3.88. The second-order valence-corrected chi connectivity index (χ2v) is 3.39. The van der Waals surface area contributed by atoms with Crippen LogP contribution in [-0.4, -0.2) is 10.4 Å². The van der Waals surface area contributed by atoms with E-state index in [1.165, 1.54) is 0 Å². The Morgan fingerprint density at radius 2 is 2.50 bits per heavy atom. The molecule has 1 atom stereocenters. The number of thioether (sulfide) groups is 1. The van der Waals surface area contributed by atoms with Crippen molar-refractivity contribution < 1.29 is 0 Å². The molecule has 0 fully saturated rings. The maximum Gasteiger partial charge on any atom is 0.0774 e. The van der Waals surface area contributed by atoms with Crippen molar-refractivity contribution in [3.63, 3.8) is 0 Å². The molecule has 0 aromatic carbocycles. The molecule has 0 spiro atoms. The van der Waals surface area contributed by atoms with E-state index in [0.29, 0.717) is 4.16 Å². The summed E-state index contributed by atoms with van der Waals surface area (Å²) in [7, 11) is 0. The van der Waals surface area contributed by atoms with Gasteiger partial charge < -0.3 is 0 Å². The van der Waals surface area contributed by atoms with Crippen LogP contribution in [-0.2, 0) is 0 Å². The lowest BCUT2D eigenvalue weighted by Crippen LogP contribution is -1.76. The van der Waals surface area contributed by atoms with Crippen LogP contribution in [0.2, 0.25) is 0 Å². The van der Waals surface area contributed by atoms with Gasteiger partial charge in [0.25, 0.3) is 0 Å². The maximum atomic E-state index is 3.56. The maximum absolute atomic E-state index is 3.56. The normalized spacial score (nSPS) is 13.7. The van der Waals surface area contributed by atoms with Crippen LogP contribution in [0, 0.1) is 0 Å². The third kappa shape index (κ3) is 2.79. The second kappa shape index (κ2) is 3.75. The van der Waals surface area contributed by atoms with Gasteiger partial charge in [-0.1, -0.05) is 22.0 Å². The highest BCUT2D eigenvalue weighted by Gasteiger charge is 1.87. The van der Waals surface area contributed by atoms with Crippen LogP contribution in [0.4, 0.5) is 0 Å². The Morgan fingerprint density at radius 1 is 2.00 bits per heavy atom. The van der Waals surface area contributed by atoms with Crippen molar-refractivity contribution in [3.8, 4) is 0 Å². The van der Waals surface area contributed by atoms with Crippen molar-refractivity contribution in [1.29, 1.82) is 0 Å². The summed E-state index contributed by atoms with van der Waals surface area (Å²) in [6, 6.07) is 0. The molecule has 0 nitrogen and oxygen atoms in total. The van der Waals surface area contributed by atoms with Gasteiger partial charge in [0.1, 0.15) is 0 Å². The van der Waals surface area contributed by atoms with Gasteiger partial charge in [-0.05, 0) is 6.26 Å². The van der Waals surface area contributed by atoms with Gasteiger partial charge >= 0.3 is 0 Å². The molecule has 36 valence electrons. The van der Waals surface area contributed by atoms with Gasteiger partial charge in [-0.3, -0.25) is 0 Å².